The number of hydrogen-bond donors (Lipinski definition) is 0. The van der Waals surface area contributed by atoms with E-state index in [4.69, 9.17) is 25.8 Å². The van der Waals surface area contributed by atoms with Crippen molar-refractivity contribution in [2.24, 2.45) is 0 Å². The molecule has 5 rings (SSSR count). The summed E-state index contributed by atoms with van der Waals surface area (Å²) < 4.78 is 17.2. The quantitative estimate of drug-likeness (QED) is 0.789. The van der Waals surface area contributed by atoms with Crippen LogP contribution in [0.15, 0.2) is 36.4 Å². The van der Waals surface area contributed by atoms with Crippen molar-refractivity contribution in [3.63, 3.8) is 0 Å². The van der Waals surface area contributed by atoms with Crippen LogP contribution in [0.3, 0.4) is 0 Å². The fraction of sp³-hybridized carbons (Fsp3) is 0.381. The molecule has 1 saturated heterocycles. The van der Waals surface area contributed by atoms with Crippen LogP contribution in [0.1, 0.15) is 30.0 Å². The van der Waals surface area contributed by atoms with E-state index in [2.05, 4.69) is 0 Å². The molecule has 0 bridgehead atoms. The Hall–Kier alpha value is -2.40. The molecule has 140 valence electrons. The number of halogens is 1. The molecule has 2 atom stereocenters. The number of fused-ring (bicyclic) bond motifs is 2. The summed E-state index contributed by atoms with van der Waals surface area (Å²) in [6.07, 6.45) is 2.02. The molecule has 0 unspecified atom stereocenters. The number of ether oxygens (including phenoxy) is 3. The first kappa shape index (κ1) is 16.8. The number of benzene rings is 2. The minimum Gasteiger partial charge on any atom is -0.486 e. The molecule has 27 heavy (non-hydrogen) atoms. The minimum atomic E-state index is -0.476. The van der Waals surface area contributed by atoms with Crippen LogP contribution in [0.4, 0.5) is 0 Å². The first-order valence-corrected chi connectivity index (χ1v) is 9.72. The van der Waals surface area contributed by atoms with Gasteiger partial charge in [-0.2, -0.15) is 0 Å². The third-order valence-electron chi connectivity index (χ3n) is 5.46. The molecule has 0 spiro atoms. The summed E-state index contributed by atoms with van der Waals surface area (Å²) in [6, 6.07) is 11.5. The van der Waals surface area contributed by atoms with E-state index < -0.39 is 6.10 Å². The van der Waals surface area contributed by atoms with E-state index in [1.807, 2.05) is 35.2 Å². The maximum absolute atomic E-state index is 13.2. The van der Waals surface area contributed by atoms with E-state index >= 15 is 0 Å². The molecule has 0 radical (unpaired) electrons. The highest BCUT2D eigenvalue weighted by Gasteiger charge is 2.38. The van der Waals surface area contributed by atoms with Crippen LogP contribution in [0, 0.1) is 0 Å². The van der Waals surface area contributed by atoms with Gasteiger partial charge in [0, 0.05) is 18.0 Å². The Labute approximate surface area is 162 Å². The third kappa shape index (κ3) is 3.00. The van der Waals surface area contributed by atoms with E-state index in [9.17, 15) is 4.79 Å². The first-order chi connectivity index (χ1) is 13.2. The molecule has 0 saturated carbocycles. The van der Waals surface area contributed by atoms with Crippen LogP contribution in [0.2, 0.25) is 5.02 Å². The Morgan fingerprint density at radius 1 is 1.04 bits per heavy atom. The van der Waals surface area contributed by atoms with Gasteiger partial charge in [-0.1, -0.05) is 17.7 Å². The van der Waals surface area contributed by atoms with E-state index in [-0.39, 0.29) is 11.9 Å². The Morgan fingerprint density at radius 2 is 1.85 bits per heavy atom. The van der Waals surface area contributed by atoms with Crippen molar-refractivity contribution in [1.29, 1.82) is 0 Å². The van der Waals surface area contributed by atoms with Gasteiger partial charge < -0.3 is 19.1 Å². The molecule has 3 aliphatic heterocycles. The second-order valence-electron chi connectivity index (χ2n) is 7.16. The van der Waals surface area contributed by atoms with Gasteiger partial charge in [-0.05, 0) is 54.3 Å². The SMILES string of the molecule is O=C([C@@H]1Cc2cc(Cl)ccc2O1)N1CCC[C@H]1c1ccc2c(c1)OCCO2. The molecule has 0 aliphatic carbocycles. The number of likely N-dealkylation sites (tertiary alicyclic amines) is 1. The standard InChI is InChI=1S/C21H20ClNO4/c22-15-4-6-17-14(10-15)12-20(27-17)21(24)23-7-1-2-16(23)13-3-5-18-19(11-13)26-9-8-25-18/h3-6,10-11,16,20H,1-2,7-9,12H2/t16-,20-/m0/s1. The molecule has 3 aliphatic rings. The average Bonchev–Trinajstić information content (AvgIpc) is 3.33. The zero-order valence-corrected chi connectivity index (χ0v) is 15.6. The highest BCUT2D eigenvalue weighted by atomic mass is 35.5. The van der Waals surface area contributed by atoms with Gasteiger partial charge >= 0.3 is 0 Å². The number of rotatable bonds is 2. The maximum atomic E-state index is 13.2. The molecular formula is C21H20ClNO4. The summed E-state index contributed by atoms with van der Waals surface area (Å²) in [5.41, 5.74) is 2.08. The van der Waals surface area contributed by atoms with E-state index in [1.54, 1.807) is 6.07 Å². The molecule has 2 aromatic rings. The summed E-state index contributed by atoms with van der Waals surface area (Å²) in [5, 5.41) is 0.667. The number of carbonyl (C=O) groups is 1. The number of carbonyl (C=O) groups excluding carboxylic acids is 1. The second-order valence-corrected chi connectivity index (χ2v) is 7.59. The van der Waals surface area contributed by atoms with Gasteiger partial charge in [0.1, 0.15) is 19.0 Å². The van der Waals surface area contributed by atoms with Crippen LogP contribution in [-0.4, -0.2) is 36.7 Å². The van der Waals surface area contributed by atoms with E-state index in [1.165, 1.54) is 0 Å². The monoisotopic (exact) mass is 385 g/mol. The van der Waals surface area contributed by atoms with Crippen LogP contribution < -0.4 is 14.2 Å². The predicted octanol–water partition coefficient (Wildman–Crippen LogP) is 3.78. The van der Waals surface area contributed by atoms with Gasteiger partial charge in [-0.15, -0.1) is 0 Å². The third-order valence-corrected chi connectivity index (χ3v) is 5.69. The lowest BCUT2D eigenvalue weighted by atomic mass is 10.0. The lowest BCUT2D eigenvalue weighted by Gasteiger charge is -2.28. The fourth-order valence-electron chi connectivity index (χ4n) is 4.18. The number of hydrogen-bond acceptors (Lipinski definition) is 4. The van der Waals surface area contributed by atoms with Gasteiger partial charge in [0.05, 0.1) is 6.04 Å². The van der Waals surface area contributed by atoms with E-state index in [0.717, 1.165) is 47.8 Å². The molecule has 3 heterocycles. The van der Waals surface area contributed by atoms with Gasteiger partial charge in [0.2, 0.25) is 0 Å². The van der Waals surface area contributed by atoms with Crippen molar-refractivity contribution >= 4 is 17.5 Å². The summed E-state index contributed by atoms with van der Waals surface area (Å²) >= 11 is 6.07. The second kappa shape index (κ2) is 6.64. The first-order valence-electron chi connectivity index (χ1n) is 9.34. The molecule has 0 aromatic heterocycles. The number of nitrogens with zero attached hydrogens (tertiary/aromatic N) is 1. The molecule has 5 nitrogen and oxygen atoms in total. The highest BCUT2D eigenvalue weighted by molar-refractivity contribution is 6.30. The highest BCUT2D eigenvalue weighted by Crippen LogP contribution is 2.39. The maximum Gasteiger partial charge on any atom is 0.264 e. The van der Waals surface area contributed by atoms with Crippen LogP contribution in [0.25, 0.3) is 0 Å². The Morgan fingerprint density at radius 3 is 2.74 bits per heavy atom. The lowest BCUT2D eigenvalue weighted by molar-refractivity contribution is -0.138. The van der Waals surface area contributed by atoms with Crippen molar-refractivity contribution in [2.75, 3.05) is 19.8 Å². The Balaban J connectivity index is 1.36. The smallest absolute Gasteiger partial charge is 0.264 e. The zero-order valence-electron chi connectivity index (χ0n) is 14.8. The molecule has 1 fully saturated rings. The fourth-order valence-corrected chi connectivity index (χ4v) is 4.38. The van der Waals surface area contributed by atoms with Crippen molar-refractivity contribution in [3.05, 3.63) is 52.5 Å². The van der Waals surface area contributed by atoms with Crippen LogP contribution >= 0.6 is 11.6 Å². The Bertz CT molecular complexity index is 900. The molecule has 0 N–H and O–H groups in total. The summed E-state index contributed by atoms with van der Waals surface area (Å²) in [6.45, 7) is 1.87. The normalized spacial score (nSPS) is 23.1. The average molecular weight is 386 g/mol. The summed E-state index contributed by atoms with van der Waals surface area (Å²) in [7, 11) is 0. The van der Waals surface area contributed by atoms with Gasteiger partial charge in [0.15, 0.2) is 17.6 Å². The minimum absolute atomic E-state index is 0.0414. The van der Waals surface area contributed by atoms with Gasteiger partial charge in [-0.3, -0.25) is 4.79 Å². The molecule has 2 aromatic carbocycles. The predicted molar refractivity (Wildman–Crippen MR) is 101 cm³/mol. The van der Waals surface area contributed by atoms with Crippen molar-refractivity contribution in [2.45, 2.75) is 31.4 Å². The molecule has 6 heteroatoms. The Kier molecular flexibility index (Phi) is 4.12. The lowest BCUT2D eigenvalue weighted by Crippen LogP contribution is -2.41. The molecular weight excluding hydrogens is 366 g/mol. The van der Waals surface area contributed by atoms with Crippen LogP contribution in [0.5, 0.6) is 17.2 Å². The van der Waals surface area contributed by atoms with Gasteiger partial charge in [0.25, 0.3) is 5.91 Å². The van der Waals surface area contributed by atoms with Crippen LogP contribution in [-0.2, 0) is 11.2 Å². The topological polar surface area (TPSA) is 48.0 Å². The largest absolute Gasteiger partial charge is 0.486 e. The summed E-state index contributed by atoms with van der Waals surface area (Å²) in [5.74, 6) is 2.33. The van der Waals surface area contributed by atoms with Gasteiger partial charge in [-0.25, -0.2) is 0 Å². The van der Waals surface area contributed by atoms with E-state index in [0.29, 0.717) is 24.7 Å². The van der Waals surface area contributed by atoms with Crippen molar-refractivity contribution in [3.8, 4) is 17.2 Å². The zero-order chi connectivity index (χ0) is 18.4. The summed E-state index contributed by atoms with van der Waals surface area (Å²) in [4.78, 5) is 15.1. The number of amides is 1. The molecule has 1 amide bonds. The van der Waals surface area contributed by atoms with Crippen molar-refractivity contribution < 1.29 is 19.0 Å². The van der Waals surface area contributed by atoms with Crippen molar-refractivity contribution in [1.82, 2.24) is 4.90 Å².